The Morgan fingerprint density at radius 1 is 1.37 bits per heavy atom. The lowest BCUT2D eigenvalue weighted by Crippen LogP contribution is -1.93. The van der Waals surface area contributed by atoms with E-state index in [9.17, 15) is 4.39 Å². The van der Waals surface area contributed by atoms with Gasteiger partial charge >= 0.3 is 0 Å². The van der Waals surface area contributed by atoms with Crippen LogP contribution >= 0.6 is 56.1 Å². The topological polar surface area (TPSA) is 12.4 Å². The summed E-state index contributed by atoms with van der Waals surface area (Å²) >= 11 is 9.04. The maximum absolute atomic E-state index is 14.6. The first kappa shape index (κ1) is 14.0. The molecule has 19 heavy (non-hydrogen) atoms. The molecule has 1 aliphatic heterocycles. The second-order valence-corrected chi connectivity index (χ2v) is 8.66. The molecule has 0 amide bonds. The molecular weight excluding hydrogens is 463 g/mol. The second kappa shape index (κ2) is 5.79. The van der Waals surface area contributed by atoms with E-state index >= 15 is 0 Å². The van der Waals surface area contributed by atoms with Crippen LogP contribution in [0, 0.1) is 5.82 Å². The number of fused-ring (bicyclic) bond motifs is 1. The van der Waals surface area contributed by atoms with Gasteiger partial charge in [0.1, 0.15) is 5.82 Å². The van der Waals surface area contributed by atoms with Crippen LogP contribution in [-0.2, 0) is 5.33 Å². The monoisotopic (exact) mass is 469 g/mol. The lowest BCUT2D eigenvalue weighted by Gasteiger charge is -2.11. The summed E-state index contributed by atoms with van der Waals surface area (Å²) in [5.74, 6) is -0.201. The highest BCUT2D eigenvalue weighted by atomic mass is 127. The molecular formula is C13H7BrClFINS. The van der Waals surface area contributed by atoms with Crippen LogP contribution in [0.25, 0.3) is 11.1 Å². The van der Waals surface area contributed by atoms with Gasteiger partial charge < -0.3 is 0 Å². The Balaban J connectivity index is 2.30. The molecule has 1 nitrogen and oxygen atoms in total. The minimum absolute atomic E-state index is 0.201. The third-order valence-corrected chi connectivity index (χ3v) is 7.31. The van der Waals surface area contributed by atoms with Crippen molar-refractivity contribution < 1.29 is 4.39 Å². The SMILES string of the molecule is Fc1c(CBr)cc2c(c1-c1cccc(Cl)c1)N=IS2. The van der Waals surface area contributed by atoms with Crippen molar-refractivity contribution in [2.45, 2.75) is 10.2 Å². The molecule has 0 saturated heterocycles. The predicted molar refractivity (Wildman–Crippen MR) is 91.4 cm³/mol. The van der Waals surface area contributed by atoms with Gasteiger partial charge in [-0.2, -0.15) is 0 Å². The quantitative estimate of drug-likeness (QED) is 0.346. The summed E-state index contributed by atoms with van der Waals surface area (Å²) in [6.07, 6.45) is 0. The molecule has 0 bridgehead atoms. The minimum Gasteiger partial charge on any atom is -0.213 e. The van der Waals surface area contributed by atoms with E-state index in [0.29, 0.717) is 21.5 Å². The summed E-state index contributed by atoms with van der Waals surface area (Å²) in [5, 5.41) is 1.11. The van der Waals surface area contributed by atoms with Crippen molar-refractivity contribution in [1.82, 2.24) is 0 Å². The van der Waals surface area contributed by atoms with Crippen molar-refractivity contribution in [3.63, 3.8) is 0 Å². The van der Waals surface area contributed by atoms with Crippen molar-refractivity contribution in [3.05, 3.63) is 46.7 Å². The van der Waals surface area contributed by atoms with Crippen LogP contribution in [0.5, 0.6) is 0 Å². The molecule has 0 radical (unpaired) electrons. The molecule has 3 rings (SSSR count). The Labute approximate surface area is 136 Å². The highest BCUT2D eigenvalue weighted by Gasteiger charge is 2.22. The summed E-state index contributed by atoms with van der Waals surface area (Å²) in [6, 6.07) is 9.18. The summed E-state index contributed by atoms with van der Waals surface area (Å²) in [5.41, 5.74) is 2.84. The zero-order valence-corrected chi connectivity index (χ0v) is 14.8. The fraction of sp³-hybridized carbons (Fsp3) is 0.0769. The van der Waals surface area contributed by atoms with E-state index in [1.807, 2.05) is 18.2 Å². The molecule has 0 fully saturated rings. The van der Waals surface area contributed by atoms with E-state index in [0.717, 1.165) is 16.1 Å². The van der Waals surface area contributed by atoms with Crippen molar-refractivity contribution >= 4 is 61.8 Å². The molecule has 0 aromatic heterocycles. The fourth-order valence-corrected chi connectivity index (χ4v) is 6.29. The lowest BCUT2D eigenvalue weighted by atomic mass is 10.0. The number of rotatable bonds is 2. The maximum atomic E-state index is 14.6. The molecule has 0 atom stereocenters. The Bertz CT molecular complexity index is 692. The van der Waals surface area contributed by atoms with E-state index in [-0.39, 0.29) is 25.5 Å². The van der Waals surface area contributed by atoms with E-state index in [2.05, 4.69) is 19.1 Å². The summed E-state index contributed by atoms with van der Waals surface area (Å²) in [4.78, 5) is 1.08. The van der Waals surface area contributed by atoms with E-state index in [4.69, 9.17) is 11.6 Å². The number of alkyl halides is 1. The lowest BCUT2D eigenvalue weighted by molar-refractivity contribution is 0.620. The molecule has 0 spiro atoms. The first-order chi connectivity index (χ1) is 9.20. The second-order valence-electron chi connectivity index (χ2n) is 3.95. The van der Waals surface area contributed by atoms with E-state index < -0.39 is 0 Å². The summed E-state index contributed by atoms with van der Waals surface area (Å²) in [6.45, 7) is 0. The van der Waals surface area contributed by atoms with Gasteiger partial charge in [0.2, 0.25) is 0 Å². The highest BCUT2D eigenvalue weighted by Crippen LogP contribution is 2.53. The molecule has 1 heterocycles. The smallest absolute Gasteiger partial charge is 0.137 e. The van der Waals surface area contributed by atoms with Gasteiger partial charge in [0.05, 0.1) is 25.3 Å². The standard InChI is InChI=1S/C13H7BrClFINS/c14-6-8-5-10-13(18-17-19-10)11(12(8)16)7-2-1-3-9(15)4-7/h1-5H,6H2. The average molecular weight is 471 g/mol. The van der Waals surface area contributed by atoms with Crippen molar-refractivity contribution in [2.75, 3.05) is 0 Å². The predicted octanol–water partition coefficient (Wildman–Crippen LogP) is 6.85. The number of benzene rings is 2. The molecule has 0 N–H and O–H groups in total. The van der Waals surface area contributed by atoms with Gasteiger partial charge in [0.25, 0.3) is 0 Å². The minimum atomic E-state index is -0.308. The van der Waals surface area contributed by atoms with E-state index in [1.54, 1.807) is 21.1 Å². The molecule has 98 valence electrons. The van der Waals surface area contributed by atoms with Crippen molar-refractivity contribution in [1.29, 1.82) is 0 Å². The fourth-order valence-electron chi connectivity index (χ4n) is 1.91. The molecule has 2 aromatic rings. The first-order valence-corrected chi connectivity index (χ1v) is 11.2. The zero-order valence-electron chi connectivity index (χ0n) is 9.46. The van der Waals surface area contributed by atoms with Gasteiger partial charge in [0.15, 0.2) is 0 Å². The average Bonchev–Trinajstić information content (AvgIpc) is 2.85. The summed E-state index contributed by atoms with van der Waals surface area (Å²) < 4.78 is 19.1. The molecule has 1 aliphatic rings. The van der Waals surface area contributed by atoms with Crippen LogP contribution < -0.4 is 0 Å². The Hall–Kier alpha value is 0.0200. The molecule has 0 unspecified atom stereocenters. The van der Waals surface area contributed by atoms with Gasteiger partial charge in [-0.15, -0.1) is 0 Å². The van der Waals surface area contributed by atoms with Crippen LogP contribution in [0.3, 0.4) is 0 Å². The van der Waals surface area contributed by atoms with E-state index in [1.165, 1.54) is 0 Å². The Kier molecular flexibility index (Phi) is 4.26. The maximum Gasteiger partial charge on any atom is 0.137 e. The zero-order chi connectivity index (χ0) is 13.4. The van der Waals surface area contributed by atoms with Gasteiger partial charge in [-0.3, -0.25) is 0 Å². The Morgan fingerprint density at radius 2 is 2.21 bits per heavy atom. The summed E-state index contributed by atoms with van der Waals surface area (Å²) in [7, 11) is 1.74. The number of nitrogens with zero attached hydrogens (tertiary/aromatic N) is 1. The molecule has 6 heteroatoms. The Morgan fingerprint density at radius 3 is 2.95 bits per heavy atom. The first-order valence-electron chi connectivity index (χ1n) is 5.40. The van der Waals surface area contributed by atoms with Crippen molar-refractivity contribution in [3.8, 4) is 11.1 Å². The van der Waals surface area contributed by atoms with Gasteiger partial charge in [0, 0.05) is 26.4 Å². The van der Waals surface area contributed by atoms with Crippen LogP contribution in [-0.4, -0.2) is 0 Å². The molecule has 2 aromatic carbocycles. The third-order valence-electron chi connectivity index (χ3n) is 2.77. The van der Waals surface area contributed by atoms with Crippen LogP contribution in [0.2, 0.25) is 5.02 Å². The number of halogens is 4. The third kappa shape index (κ3) is 2.62. The number of hydrogen-bond acceptors (Lipinski definition) is 2. The van der Waals surface area contributed by atoms with Gasteiger partial charge in [-0.05, 0) is 32.7 Å². The van der Waals surface area contributed by atoms with Gasteiger partial charge in [-0.25, -0.2) is 7.54 Å². The molecule has 0 saturated carbocycles. The molecule has 0 aliphatic carbocycles. The van der Waals surface area contributed by atoms with Crippen LogP contribution in [0.1, 0.15) is 5.56 Å². The van der Waals surface area contributed by atoms with Crippen molar-refractivity contribution in [2.24, 2.45) is 3.15 Å². The van der Waals surface area contributed by atoms with Crippen LogP contribution in [0.15, 0.2) is 38.4 Å². The van der Waals surface area contributed by atoms with Gasteiger partial charge in [-0.1, -0.05) is 39.7 Å². The largest absolute Gasteiger partial charge is 0.213 e. The number of hydrogen-bond donors (Lipinski definition) is 0. The normalized spacial score (nSPS) is 13.2. The highest BCUT2D eigenvalue weighted by molar-refractivity contribution is 14.2. The van der Waals surface area contributed by atoms with Crippen LogP contribution in [0.4, 0.5) is 10.1 Å².